The van der Waals surface area contributed by atoms with E-state index in [1.165, 1.54) is 52.2 Å². The van der Waals surface area contributed by atoms with E-state index in [2.05, 4.69) is 35.7 Å². The molecule has 0 aromatic carbocycles. The zero-order chi connectivity index (χ0) is 12.7. The minimum atomic E-state index is 0.635. The van der Waals surface area contributed by atoms with E-state index in [0.29, 0.717) is 5.92 Å². The van der Waals surface area contributed by atoms with Crippen molar-refractivity contribution in [2.45, 2.75) is 13.3 Å². The van der Waals surface area contributed by atoms with Crippen LogP contribution in [-0.2, 0) is 0 Å². The monoisotopic (exact) mass is 242 g/mol. The van der Waals surface area contributed by atoms with Crippen molar-refractivity contribution in [3.05, 3.63) is 0 Å². The molecule has 1 aliphatic rings. The fraction of sp³-hybridized carbons (Fsp3) is 1.00. The predicted octanol–water partition coefficient (Wildman–Crippen LogP) is 0.151. The Morgan fingerprint density at radius 2 is 1.71 bits per heavy atom. The second-order valence-electron chi connectivity index (χ2n) is 5.64. The van der Waals surface area contributed by atoms with E-state index < -0.39 is 0 Å². The van der Waals surface area contributed by atoms with E-state index >= 15 is 0 Å². The highest BCUT2D eigenvalue weighted by molar-refractivity contribution is 4.73. The molecular formula is C13H30N4. The van der Waals surface area contributed by atoms with Gasteiger partial charge < -0.3 is 20.4 Å². The Balaban J connectivity index is 2.09. The van der Waals surface area contributed by atoms with Crippen molar-refractivity contribution in [3.8, 4) is 0 Å². The first-order valence-corrected chi connectivity index (χ1v) is 6.91. The molecule has 4 nitrogen and oxygen atoms in total. The Bertz CT molecular complexity index is 188. The van der Waals surface area contributed by atoms with Crippen LogP contribution in [0.15, 0.2) is 0 Å². The van der Waals surface area contributed by atoms with Crippen LogP contribution in [0.3, 0.4) is 0 Å². The minimum Gasteiger partial charge on any atom is -0.330 e. The molecule has 102 valence electrons. The lowest BCUT2D eigenvalue weighted by molar-refractivity contribution is 0.118. The molecule has 0 amide bonds. The van der Waals surface area contributed by atoms with E-state index in [9.17, 15) is 0 Å². The molecule has 0 bridgehead atoms. The van der Waals surface area contributed by atoms with E-state index in [1.807, 2.05) is 0 Å². The first kappa shape index (κ1) is 14.9. The van der Waals surface area contributed by atoms with Gasteiger partial charge in [0.15, 0.2) is 0 Å². The average Bonchev–Trinajstić information content (AvgIpc) is 2.31. The lowest BCUT2D eigenvalue weighted by Crippen LogP contribution is -2.48. The Hall–Kier alpha value is -0.160. The summed E-state index contributed by atoms with van der Waals surface area (Å²) < 4.78 is 0. The highest BCUT2D eigenvalue weighted by Gasteiger charge is 2.17. The number of rotatable bonds is 7. The topological polar surface area (TPSA) is 35.7 Å². The van der Waals surface area contributed by atoms with Crippen molar-refractivity contribution in [2.75, 3.05) is 66.5 Å². The molecule has 1 fully saturated rings. The summed E-state index contributed by atoms with van der Waals surface area (Å²) in [5, 5.41) is 0. The van der Waals surface area contributed by atoms with Gasteiger partial charge in [-0.15, -0.1) is 0 Å². The van der Waals surface area contributed by atoms with Gasteiger partial charge in [0.05, 0.1) is 0 Å². The number of hydrogen-bond donors (Lipinski definition) is 1. The minimum absolute atomic E-state index is 0.635. The summed E-state index contributed by atoms with van der Waals surface area (Å²) in [6.07, 6.45) is 1.28. The SMILES string of the molecule is CC(CN)CN1CCN(CCCN(C)C)CC1. The highest BCUT2D eigenvalue weighted by Crippen LogP contribution is 2.05. The van der Waals surface area contributed by atoms with Crippen molar-refractivity contribution >= 4 is 0 Å². The Morgan fingerprint density at radius 3 is 2.24 bits per heavy atom. The summed E-state index contributed by atoms with van der Waals surface area (Å²) >= 11 is 0. The molecule has 0 saturated carbocycles. The summed E-state index contributed by atoms with van der Waals surface area (Å²) in [5.41, 5.74) is 5.67. The van der Waals surface area contributed by atoms with E-state index in [-0.39, 0.29) is 0 Å². The standard InChI is InChI=1S/C13H30N4/c1-13(11-14)12-17-9-7-16(8-10-17)6-4-5-15(2)3/h13H,4-12,14H2,1-3H3. The molecule has 1 atom stereocenters. The molecule has 0 radical (unpaired) electrons. The first-order chi connectivity index (χ1) is 8.11. The number of nitrogens with two attached hydrogens (primary N) is 1. The van der Waals surface area contributed by atoms with E-state index in [1.54, 1.807) is 0 Å². The van der Waals surface area contributed by atoms with Crippen LogP contribution in [0.2, 0.25) is 0 Å². The second-order valence-corrected chi connectivity index (χ2v) is 5.64. The van der Waals surface area contributed by atoms with Gasteiger partial charge in [0.2, 0.25) is 0 Å². The summed E-state index contributed by atoms with van der Waals surface area (Å²) in [4.78, 5) is 7.41. The van der Waals surface area contributed by atoms with Gasteiger partial charge in [0.1, 0.15) is 0 Å². The largest absolute Gasteiger partial charge is 0.330 e. The fourth-order valence-electron chi connectivity index (χ4n) is 2.32. The molecule has 0 spiro atoms. The van der Waals surface area contributed by atoms with Crippen LogP contribution in [0.4, 0.5) is 0 Å². The molecule has 0 aliphatic carbocycles. The van der Waals surface area contributed by atoms with Gasteiger partial charge in [-0.3, -0.25) is 0 Å². The Kier molecular flexibility index (Phi) is 7.04. The third-order valence-electron chi connectivity index (χ3n) is 3.52. The fourth-order valence-corrected chi connectivity index (χ4v) is 2.32. The molecule has 0 aromatic heterocycles. The van der Waals surface area contributed by atoms with Crippen molar-refractivity contribution in [1.82, 2.24) is 14.7 Å². The average molecular weight is 242 g/mol. The highest BCUT2D eigenvalue weighted by atomic mass is 15.3. The Morgan fingerprint density at radius 1 is 1.12 bits per heavy atom. The molecule has 1 heterocycles. The lowest BCUT2D eigenvalue weighted by atomic mass is 10.1. The van der Waals surface area contributed by atoms with Crippen molar-refractivity contribution in [1.29, 1.82) is 0 Å². The zero-order valence-electron chi connectivity index (χ0n) is 11.9. The maximum absolute atomic E-state index is 5.67. The number of hydrogen-bond acceptors (Lipinski definition) is 4. The molecule has 4 heteroatoms. The van der Waals surface area contributed by atoms with Crippen LogP contribution in [-0.4, -0.2) is 81.2 Å². The van der Waals surface area contributed by atoms with Crippen LogP contribution in [0.1, 0.15) is 13.3 Å². The molecule has 1 aliphatic heterocycles. The maximum atomic E-state index is 5.67. The molecule has 1 unspecified atom stereocenters. The normalized spacial score (nSPS) is 21.0. The van der Waals surface area contributed by atoms with E-state index in [0.717, 1.165) is 6.54 Å². The zero-order valence-corrected chi connectivity index (χ0v) is 11.9. The van der Waals surface area contributed by atoms with Crippen molar-refractivity contribution in [3.63, 3.8) is 0 Å². The molecular weight excluding hydrogens is 212 g/mol. The molecule has 2 N–H and O–H groups in total. The van der Waals surface area contributed by atoms with Crippen molar-refractivity contribution < 1.29 is 0 Å². The van der Waals surface area contributed by atoms with Crippen LogP contribution < -0.4 is 5.73 Å². The molecule has 1 rings (SSSR count). The summed E-state index contributed by atoms with van der Waals surface area (Å²) in [6.45, 7) is 11.5. The predicted molar refractivity (Wildman–Crippen MR) is 74.3 cm³/mol. The van der Waals surface area contributed by atoms with Gasteiger partial charge in [0.25, 0.3) is 0 Å². The number of nitrogens with zero attached hydrogens (tertiary/aromatic N) is 3. The van der Waals surface area contributed by atoms with Gasteiger partial charge >= 0.3 is 0 Å². The molecule has 17 heavy (non-hydrogen) atoms. The molecule has 0 aromatic rings. The molecule has 1 saturated heterocycles. The Labute approximate surface area is 107 Å². The third kappa shape index (κ3) is 6.36. The summed E-state index contributed by atoms with van der Waals surface area (Å²) in [5.74, 6) is 0.635. The van der Waals surface area contributed by atoms with Crippen molar-refractivity contribution in [2.24, 2.45) is 11.7 Å². The van der Waals surface area contributed by atoms with Gasteiger partial charge in [-0.25, -0.2) is 0 Å². The third-order valence-corrected chi connectivity index (χ3v) is 3.52. The first-order valence-electron chi connectivity index (χ1n) is 6.91. The lowest BCUT2D eigenvalue weighted by Gasteiger charge is -2.36. The van der Waals surface area contributed by atoms with Gasteiger partial charge in [0, 0.05) is 32.7 Å². The second kappa shape index (κ2) is 8.03. The number of piperazine rings is 1. The van der Waals surface area contributed by atoms with Gasteiger partial charge in [-0.05, 0) is 46.1 Å². The summed E-state index contributed by atoms with van der Waals surface area (Å²) in [7, 11) is 4.29. The summed E-state index contributed by atoms with van der Waals surface area (Å²) in [6, 6.07) is 0. The van der Waals surface area contributed by atoms with Crippen LogP contribution >= 0.6 is 0 Å². The van der Waals surface area contributed by atoms with Crippen LogP contribution in [0, 0.1) is 5.92 Å². The van der Waals surface area contributed by atoms with E-state index in [4.69, 9.17) is 5.73 Å². The maximum Gasteiger partial charge on any atom is 0.0110 e. The smallest absolute Gasteiger partial charge is 0.0110 e. The quantitative estimate of drug-likeness (QED) is 0.689. The van der Waals surface area contributed by atoms with Gasteiger partial charge in [-0.1, -0.05) is 6.92 Å². The van der Waals surface area contributed by atoms with Crippen LogP contribution in [0.25, 0.3) is 0 Å². The van der Waals surface area contributed by atoms with Gasteiger partial charge in [-0.2, -0.15) is 0 Å². The van der Waals surface area contributed by atoms with Crippen LogP contribution in [0.5, 0.6) is 0 Å².